The van der Waals surface area contributed by atoms with Crippen LogP contribution in [0.5, 0.6) is 0 Å². The number of Topliss-reactive ketones (excluding diaryl/α,β-unsaturated/α-hetero) is 1. The zero-order valence-corrected chi connectivity index (χ0v) is 16.7. The van der Waals surface area contributed by atoms with Crippen molar-refractivity contribution in [1.82, 2.24) is 14.8 Å². The van der Waals surface area contributed by atoms with E-state index in [-0.39, 0.29) is 11.3 Å². The van der Waals surface area contributed by atoms with Crippen molar-refractivity contribution in [2.24, 2.45) is 0 Å². The van der Waals surface area contributed by atoms with Gasteiger partial charge in [0.05, 0.1) is 24.8 Å². The Bertz CT molecular complexity index is 924. The van der Waals surface area contributed by atoms with Gasteiger partial charge < -0.3 is 14.7 Å². The zero-order valence-electron chi connectivity index (χ0n) is 16.7. The number of benzene rings is 1. The molecule has 2 aromatic rings. The normalized spacial score (nSPS) is 21.9. The molecular formula is C23H25N3O4. The number of rotatable bonds is 6. The number of aliphatic hydroxyl groups is 1. The maximum absolute atomic E-state index is 12.9. The summed E-state index contributed by atoms with van der Waals surface area (Å²) in [5.74, 6) is -1.37. The van der Waals surface area contributed by atoms with Gasteiger partial charge in [-0.05, 0) is 24.1 Å². The van der Waals surface area contributed by atoms with E-state index in [9.17, 15) is 14.7 Å². The molecule has 3 heterocycles. The van der Waals surface area contributed by atoms with Crippen LogP contribution in [0.4, 0.5) is 0 Å². The molecular weight excluding hydrogens is 382 g/mol. The molecule has 0 radical (unpaired) electrons. The number of carbonyl (C=O) groups is 2. The van der Waals surface area contributed by atoms with Gasteiger partial charge in [-0.15, -0.1) is 0 Å². The third kappa shape index (κ3) is 4.13. The Labute approximate surface area is 175 Å². The van der Waals surface area contributed by atoms with Gasteiger partial charge in [-0.2, -0.15) is 0 Å². The van der Waals surface area contributed by atoms with Gasteiger partial charge in [0.1, 0.15) is 5.76 Å². The highest BCUT2D eigenvalue weighted by atomic mass is 16.5. The molecule has 4 rings (SSSR count). The molecule has 7 nitrogen and oxygen atoms in total. The molecule has 1 aromatic carbocycles. The summed E-state index contributed by atoms with van der Waals surface area (Å²) in [4.78, 5) is 33.7. The molecule has 1 amide bonds. The molecule has 1 atom stereocenters. The second kappa shape index (κ2) is 9.19. The monoisotopic (exact) mass is 407 g/mol. The first kappa shape index (κ1) is 20.3. The lowest BCUT2D eigenvalue weighted by atomic mass is 9.96. The van der Waals surface area contributed by atoms with Gasteiger partial charge in [0.25, 0.3) is 11.7 Å². The Kier molecular flexibility index (Phi) is 6.21. The predicted octanol–water partition coefficient (Wildman–Crippen LogP) is 2.23. The average molecular weight is 407 g/mol. The summed E-state index contributed by atoms with van der Waals surface area (Å²) in [5.41, 5.74) is 1.40. The molecule has 1 aromatic heterocycles. The highest BCUT2D eigenvalue weighted by molar-refractivity contribution is 6.46. The van der Waals surface area contributed by atoms with E-state index in [2.05, 4.69) is 9.88 Å². The highest BCUT2D eigenvalue weighted by Crippen LogP contribution is 2.39. The maximum Gasteiger partial charge on any atom is 0.295 e. The summed E-state index contributed by atoms with van der Waals surface area (Å²) in [6.45, 7) is 4.45. The number of aliphatic hydroxyl groups excluding tert-OH is 1. The maximum atomic E-state index is 12.9. The number of pyridine rings is 1. The number of hydrogen-bond acceptors (Lipinski definition) is 6. The minimum Gasteiger partial charge on any atom is -0.507 e. The van der Waals surface area contributed by atoms with Crippen LogP contribution in [0.3, 0.4) is 0 Å². The second-order valence-corrected chi connectivity index (χ2v) is 7.45. The van der Waals surface area contributed by atoms with Crippen molar-refractivity contribution in [3.05, 3.63) is 71.6 Å². The first-order chi connectivity index (χ1) is 14.7. The van der Waals surface area contributed by atoms with Crippen LogP contribution in [0.1, 0.15) is 23.6 Å². The Hall–Kier alpha value is -3.03. The van der Waals surface area contributed by atoms with Crippen LogP contribution in [-0.2, 0) is 14.3 Å². The van der Waals surface area contributed by atoms with E-state index in [1.165, 1.54) is 0 Å². The van der Waals surface area contributed by atoms with Crippen LogP contribution in [0.2, 0.25) is 0 Å². The number of ketones is 1. The number of amides is 1. The molecule has 2 fully saturated rings. The van der Waals surface area contributed by atoms with Crippen molar-refractivity contribution in [3.63, 3.8) is 0 Å². The molecule has 0 aliphatic carbocycles. The highest BCUT2D eigenvalue weighted by Gasteiger charge is 2.45. The Morgan fingerprint density at radius 1 is 1.03 bits per heavy atom. The fourth-order valence-electron chi connectivity index (χ4n) is 4.04. The summed E-state index contributed by atoms with van der Waals surface area (Å²) in [5, 5.41) is 10.9. The van der Waals surface area contributed by atoms with E-state index in [4.69, 9.17) is 4.74 Å². The van der Waals surface area contributed by atoms with E-state index < -0.39 is 17.7 Å². The van der Waals surface area contributed by atoms with E-state index in [0.29, 0.717) is 12.1 Å². The fraction of sp³-hybridized carbons (Fsp3) is 0.348. The van der Waals surface area contributed by atoms with Crippen molar-refractivity contribution >= 4 is 17.4 Å². The van der Waals surface area contributed by atoms with Crippen molar-refractivity contribution < 1.29 is 19.4 Å². The molecule has 30 heavy (non-hydrogen) atoms. The number of hydrogen-bond donors (Lipinski definition) is 1. The lowest BCUT2D eigenvalue weighted by Gasteiger charge is -2.29. The number of morpholine rings is 1. The van der Waals surface area contributed by atoms with Gasteiger partial charge in [-0.1, -0.05) is 30.3 Å². The topological polar surface area (TPSA) is 83.0 Å². The number of aromatic nitrogens is 1. The van der Waals surface area contributed by atoms with E-state index in [0.717, 1.165) is 44.8 Å². The van der Waals surface area contributed by atoms with Gasteiger partial charge in [0, 0.05) is 44.1 Å². The Balaban J connectivity index is 1.63. The molecule has 0 saturated carbocycles. The molecule has 2 aliphatic heterocycles. The summed E-state index contributed by atoms with van der Waals surface area (Å²) >= 11 is 0. The van der Waals surface area contributed by atoms with Crippen molar-refractivity contribution in [2.45, 2.75) is 12.5 Å². The second-order valence-electron chi connectivity index (χ2n) is 7.45. The molecule has 2 aliphatic rings. The molecule has 156 valence electrons. The number of carbonyl (C=O) groups excluding carboxylic acids is 2. The number of nitrogens with zero attached hydrogens (tertiary/aromatic N) is 3. The number of likely N-dealkylation sites (tertiary alicyclic amines) is 1. The molecule has 0 spiro atoms. The minimum absolute atomic E-state index is 0.128. The van der Waals surface area contributed by atoms with Crippen molar-refractivity contribution in [3.8, 4) is 0 Å². The Morgan fingerprint density at radius 3 is 2.43 bits per heavy atom. The molecule has 7 heteroatoms. The van der Waals surface area contributed by atoms with Crippen LogP contribution in [0, 0.1) is 0 Å². The minimum atomic E-state index is -0.649. The van der Waals surface area contributed by atoms with Gasteiger partial charge in [0.2, 0.25) is 0 Å². The van der Waals surface area contributed by atoms with Crippen LogP contribution in [0.25, 0.3) is 5.76 Å². The van der Waals surface area contributed by atoms with Crippen LogP contribution in [-0.4, -0.2) is 71.0 Å². The van der Waals surface area contributed by atoms with E-state index in [1.54, 1.807) is 53.7 Å². The third-order valence-electron chi connectivity index (χ3n) is 5.59. The summed E-state index contributed by atoms with van der Waals surface area (Å²) in [7, 11) is 0. The van der Waals surface area contributed by atoms with Gasteiger partial charge >= 0.3 is 0 Å². The zero-order chi connectivity index (χ0) is 20.9. The summed E-state index contributed by atoms with van der Waals surface area (Å²) in [6.07, 6.45) is 4.00. The van der Waals surface area contributed by atoms with E-state index in [1.807, 2.05) is 6.07 Å². The Morgan fingerprint density at radius 2 is 1.73 bits per heavy atom. The average Bonchev–Trinajstić information content (AvgIpc) is 3.05. The van der Waals surface area contributed by atoms with Gasteiger partial charge in [-0.3, -0.25) is 19.5 Å². The van der Waals surface area contributed by atoms with Crippen LogP contribution in [0.15, 0.2) is 60.4 Å². The molecule has 0 bridgehead atoms. The summed E-state index contributed by atoms with van der Waals surface area (Å²) in [6, 6.07) is 11.8. The molecule has 2 saturated heterocycles. The van der Waals surface area contributed by atoms with Crippen LogP contribution < -0.4 is 0 Å². The molecule has 1 N–H and O–H groups in total. The predicted molar refractivity (Wildman–Crippen MR) is 112 cm³/mol. The SMILES string of the molecule is O=C1C(=O)N(CCCN2CCOCC2)[C@@H](c2ccncc2)/C1=C(\O)c1ccccc1. The van der Waals surface area contributed by atoms with Gasteiger partial charge in [0.15, 0.2) is 0 Å². The lowest BCUT2D eigenvalue weighted by molar-refractivity contribution is -0.140. The fourth-order valence-corrected chi connectivity index (χ4v) is 4.04. The first-order valence-electron chi connectivity index (χ1n) is 10.2. The first-order valence-corrected chi connectivity index (χ1v) is 10.2. The standard InChI is InChI=1S/C23H25N3O4/c27-21(18-5-2-1-3-6-18)19-20(17-7-9-24-10-8-17)26(23(29)22(19)28)12-4-11-25-13-15-30-16-14-25/h1-3,5-10,20,27H,4,11-16H2/b21-19+/t20-/m0/s1. The van der Waals surface area contributed by atoms with Crippen LogP contribution >= 0.6 is 0 Å². The quantitative estimate of drug-likeness (QED) is 0.449. The largest absolute Gasteiger partial charge is 0.507 e. The van der Waals surface area contributed by atoms with Gasteiger partial charge in [-0.25, -0.2) is 0 Å². The third-order valence-corrected chi connectivity index (χ3v) is 5.59. The smallest absolute Gasteiger partial charge is 0.295 e. The van der Waals surface area contributed by atoms with Crippen molar-refractivity contribution in [1.29, 1.82) is 0 Å². The summed E-state index contributed by atoms with van der Waals surface area (Å²) < 4.78 is 5.38. The number of ether oxygens (including phenoxy) is 1. The van der Waals surface area contributed by atoms with E-state index >= 15 is 0 Å². The van der Waals surface area contributed by atoms with Crippen molar-refractivity contribution in [2.75, 3.05) is 39.4 Å². The lowest BCUT2D eigenvalue weighted by Crippen LogP contribution is -2.38. The molecule has 0 unspecified atom stereocenters.